The van der Waals surface area contributed by atoms with Crippen molar-refractivity contribution in [2.75, 3.05) is 7.05 Å². The molecule has 0 fully saturated rings. The molecule has 0 saturated carbocycles. The summed E-state index contributed by atoms with van der Waals surface area (Å²) in [7, 11) is 1.67. The summed E-state index contributed by atoms with van der Waals surface area (Å²) in [6.45, 7) is 0. The average Bonchev–Trinajstić information content (AvgIpc) is 2.13. The molecule has 0 heterocycles. The van der Waals surface area contributed by atoms with E-state index in [1.165, 1.54) is 0 Å². The van der Waals surface area contributed by atoms with E-state index in [0.29, 0.717) is 0 Å². The Kier molecular flexibility index (Phi) is 6.24. The Morgan fingerprint density at radius 3 is 2.50 bits per heavy atom. The number of hydrogen-bond acceptors (Lipinski definition) is 3. The van der Waals surface area contributed by atoms with Crippen molar-refractivity contribution in [1.82, 2.24) is 0 Å². The third-order valence-corrected chi connectivity index (χ3v) is 1.20. The van der Waals surface area contributed by atoms with Crippen LogP contribution in [0.25, 0.3) is 0 Å². The second-order valence-corrected chi connectivity index (χ2v) is 1.95. The Hall–Kier alpha value is -0.926. The van der Waals surface area contributed by atoms with Crippen LogP contribution in [0, 0.1) is 0 Å². The molecule has 0 amide bonds. The van der Waals surface area contributed by atoms with E-state index in [-0.39, 0.29) is 5.75 Å². The molecule has 0 atom stereocenters. The number of aliphatic imine (C=N–C) groups is 1. The normalized spacial score (nSPS) is 9.00. The van der Waals surface area contributed by atoms with Crippen LogP contribution in [-0.2, 0) is 21.0 Å². The van der Waals surface area contributed by atoms with Gasteiger partial charge in [-0.1, -0.05) is 12.1 Å². The van der Waals surface area contributed by atoms with E-state index in [4.69, 9.17) is 8.78 Å². The molecule has 0 bridgehead atoms. The fourth-order valence-electron chi connectivity index (χ4n) is 0.736. The quantitative estimate of drug-likeness (QED) is 0.698. The summed E-state index contributed by atoms with van der Waals surface area (Å²) in [5.74, 6) is 0.271. The molecule has 63 valence electrons. The van der Waals surface area contributed by atoms with Crippen molar-refractivity contribution in [2.24, 2.45) is 4.99 Å². The first-order valence-corrected chi connectivity index (χ1v) is 3.80. The summed E-state index contributed by atoms with van der Waals surface area (Å²) in [5.41, 5.74) is 0.755. The molecule has 1 aromatic carbocycles. The molecule has 1 rings (SSSR count). The van der Waals surface area contributed by atoms with Gasteiger partial charge in [0.25, 0.3) is 0 Å². The van der Waals surface area contributed by atoms with Gasteiger partial charge in [0.2, 0.25) is 0 Å². The monoisotopic (exact) mass is 202 g/mol. The number of hydrogen-bond donors (Lipinski definition) is 1. The predicted molar refractivity (Wildman–Crippen MR) is 42.3 cm³/mol. The molecule has 0 aliphatic heterocycles. The van der Waals surface area contributed by atoms with Gasteiger partial charge in [0.05, 0.1) is 0 Å². The Labute approximate surface area is 80.4 Å². The third kappa shape index (κ3) is 3.46. The van der Waals surface area contributed by atoms with Gasteiger partial charge in [-0.25, -0.2) is 0 Å². The average molecular weight is 202 g/mol. The zero-order chi connectivity index (χ0) is 9.40. The van der Waals surface area contributed by atoms with E-state index in [1.54, 1.807) is 25.4 Å². The molecule has 0 aliphatic rings. The van der Waals surface area contributed by atoms with Crippen LogP contribution in [0.1, 0.15) is 5.56 Å². The fourth-order valence-corrected chi connectivity index (χ4v) is 0.736. The van der Waals surface area contributed by atoms with Crippen LogP contribution >= 0.6 is 0 Å². The van der Waals surface area contributed by atoms with Crippen LogP contribution in [0.5, 0.6) is 5.75 Å². The summed E-state index contributed by atoms with van der Waals surface area (Å²) in [6, 6.07) is 7.08. The van der Waals surface area contributed by atoms with Crippen molar-refractivity contribution in [3.63, 3.8) is 0 Å². The zero-order valence-electron chi connectivity index (χ0n) is 6.64. The molecule has 0 aromatic heterocycles. The van der Waals surface area contributed by atoms with Crippen molar-refractivity contribution in [3.05, 3.63) is 29.8 Å². The second-order valence-electron chi connectivity index (χ2n) is 1.95. The van der Waals surface area contributed by atoms with Crippen molar-refractivity contribution in [1.29, 1.82) is 0 Å². The number of aromatic hydroxyl groups is 1. The molecular formula is C8H9NO2V. The Morgan fingerprint density at radius 1 is 1.42 bits per heavy atom. The standard InChI is InChI=1S/C8H9NO.O.V/c1-9-6-7-4-2-3-5-8(7)10;;/h2-6,10H,1H3;;. The van der Waals surface area contributed by atoms with E-state index in [2.05, 4.69) is 4.99 Å². The molecule has 1 aromatic rings. The minimum absolute atomic E-state index is 0.271. The summed E-state index contributed by atoms with van der Waals surface area (Å²) >= 11 is 1.06. The van der Waals surface area contributed by atoms with Crippen LogP contribution in [-0.4, -0.2) is 18.4 Å². The number of rotatable bonds is 1. The van der Waals surface area contributed by atoms with E-state index < -0.39 is 0 Å². The van der Waals surface area contributed by atoms with E-state index >= 15 is 0 Å². The second kappa shape index (κ2) is 6.76. The summed E-state index contributed by atoms with van der Waals surface area (Å²) in [6.07, 6.45) is 1.62. The van der Waals surface area contributed by atoms with Gasteiger partial charge >= 0.3 is 21.0 Å². The molecule has 0 spiro atoms. The molecule has 0 unspecified atom stereocenters. The van der Waals surface area contributed by atoms with Crippen molar-refractivity contribution >= 4 is 6.21 Å². The first kappa shape index (κ1) is 11.1. The summed E-state index contributed by atoms with van der Waals surface area (Å²) in [5, 5.41) is 9.15. The minimum atomic E-state index is 0.271. The molecule has 0 saturated heterocycles. The topological polar surface area (TPSA) is 49.7 Å². The maximum absolute atomic E-state index is 9.15. The van der Waals surface area contributed by atoms with Crippen LogP contribution in [0.3, 0.4) is 0 Å². The third-order valence-electron chi connectivity index (χ3n) is 1.20. The van der Waals surface area contributed by atoms with Gasteiger partial charge in [-0.15, -0.1) is 0 Å². The zero-order valence-corrected chi connectivity index (χ0v) is 8.03. The van der Waals surface area contributed by atoms with Gasteiger partial charge in [0.1, 0.15) is 5.75 Å². The summed E-state index contributed by atoms with van der Waals surface area (Å²) < 4.78 is 8.19. The predicted octanol–water partition coefficient (Wildman–Crippen LogP) is 1.32. The first-order valence-electron chi connectivity index (χ1n) is 3.23. The molecule has 3 nitrogen and oxygen atoms in total. The molecule has 12 heavy (non-hydrogen) atoms. The number of para-hydroxylation sites is 1. The van der Waals surface area contributed by atoms with Crippen molar-refractivity contribution < 1.29 is 26.1 Å². The first-order chi connectivity index (χ1) is 5.84. The van der Waals surface area contributed by atoms with Crippen LogP contribution in [0.15, 0.2) is 29.3 Å². The summed E-state index contributed by atoms with van der Waals surface area (Å²) in [4.78, 5) is 3.78. The Morgan fingerprint density at radius 2 is 2.00 bits per heavy atom. The van der Waals surface area contributed by atoms with Gasteiger partial charge in [-0.2, -0.15) is 0 Å². The van der Waals surface area contributed by atoms with Crippen LogP contribution < -0.4 is 0 Å². The van der Waals surface area contributed by atoms with Crippen molar-refractivity contribution in [2.45, 2.75) is 0 Å². The molecule has 0 aliphatic carbocycles. The fraction of sp³-hybridized carbons (Fsp3) is 0.125. The number of phenols is 1. The van der Waals surface area contributed by atoms with Gasteiger partial charge in [-0.05, 0) is 12.1 Å². The Bertz CT molecular complexity index is 263. The Balaban J connectivity index is 0.000000561. The van der Waals surface area contributed by atoms with Crippen molar-refractivity contribution in [3.8, 4) is 5.75 Å². The van der Waals surface area contributed by atoms with Gasteiger partial charge in [-0.3, -0.25) is 4.99 Å². The van der Waals surface area contributed by atoms with E-state index in [1.807, 2.05) is 12.1 Å². The van der Waals surface area contributed by atoms with Gasteiger partial charge < -0.3 is 5.11 Å². The molecule has 1 N–H and O–H groups in total. The van der Waals surface area contributed by atoms with Gasteiger partial charge in [0.15, 0.2) is 0 Å². The van der Waals surface area contributed by atoms with Crippen LogP contribution in [0.2, 0.25) is 0 Å². The van der Waals surface area contributed by atoms with E-state index in [0.717, 1.165) is 22.9 Å². The number of phenolic OH excluding ortho intramolecular Hbond substituents is 1. The molecular weight excluding hydrogens is 193 g/mol. The number of benzene rings is 1. The van der Waals surface area contributed by atoms with Crippen LogP contribution in [0.4, 0.5) is 0 Å². The maximum atomic E-state index is 9.15. The van der Waals surface area contributed by atoms with E-state index in [9.17, 15) is 0 Å². The number of nitrogens with zero attached hydrogens (tertiary/aromatic N) is 1. The SMILES string of the molecule is CN=Cc1ccccc1O.[O]=[V]. The molecule has 4 heteroatoms. The molecule has 0 radical (unpaired) electrons. The van der Waals surface area contributed by atoms with Gasteiger partial charge in [0, 0.05) is 18.8 Å².